The van der Waals surface area contributed by atoms with E-state index >= 15 is 0 Å². The molecule has 0 saturated carbocycles. The highest BCUT2D eigenvalue weighted by atomic mass is 32.2. The van der Waals surface area contributed by atoms with Crippen molar-refractivity contribution < 1.29 is 22.7 Å². The van der Waals surface area contributed by atoms with E-state index in [4.69, 9.17) is 15.9 Å². The summed E-state index contributed by atoms with van der Waals surface area (Å²) in [4.78, 5) is 11.1. The highest BCUT2D eigenvalue weighted by Gasteiger charge is 2.17. The number of rotatable bonds is 7. The average molecular weight is 316 g/mol. The van der Waals surface area contributed by atoms with Gasteiger partial charge in [0.15, 0.2) is 0 Å². The number of benzene rings is 1. The van der Waals surface area contributed by atoms with E-state index in [2.05, 4.69) is 9.46 Å². The van der Waals surface area contributed by atoms with Crippen molar-refractivity contribution in [3.63, 3.8) is 0 Å². The highest BCUT2D eigenvalue weighted by molar-refractivity contribution is 7.91. The lowest BCUT2D eigenvalue weighted by atomic mass is 10.3. The molecule has 0 spiro atoms. The van der Waals surface area contributed by atoms with Gasteiger partial charge in [0.05, 0.1) is 12.3 Å². The number of hydrogen-bond acceptors (Lipinski definition) is 6. The van der Waals surface area contributed by atoms with Gasteiger partial charge in [0.2, 0.25) is 0 Å². The summed E-state index contributed by atoms with van der Waals surface area (Å²) in [5.74, 6) is -0.0424. The second-order valence-corrected chi connectivity index (χ2v) is 5.15. The van der Waals surface area contributed by atoms with Crippen LogP contribution in [-0.4, -0.2) is 33.6 Å². The minimum atomic E-state index is -4.16. The topological polar surface area (TPSA) is 144 Å². The summed E-state index contributed by atoms with van der Waals surface area (Å²) >= 11 is 0. The van der Waals surface area contributed by atoms with Crippen molar-refractivity contribution in [1.29, 1.82) is 5.41 Å². The van der Waals surface area contributed by atoms with Gasteiger partial charge in [-0.15, -0.1) is 0 Å². The Morgan fingerprint density at radius 3 is 2.67 bits per heavy atom. The van der Waals surface area contributed by atoms with E-state index in [1.54, 1.807) is 23.8 Å². The fourth-order valence-electron chi connectivity index (χ4n) is 1.27. The van der Waals surface area contributed by atoms with Crippen LogP contribution in [0, 0.1) is 5.41 Å². The first-order chi connectivity index (χ1) is 9.84. The number of carbonyl (C=O) groups is 1. The van der Waals surface area contributed by atoms with Crippen LogP contribution in [0.3, 0.4) is 0 Å². The molecule has 21 heavy (non-hydrogen) atoms. The molecule has 0 bridgehead atoms. The van der Waals surface area contributed by atoms with Crippen LogP contribution in [0.2, 0.25) is 0 Å². The second kappa shape index (κ2) is 7.33. The molecule has 0 radical (unpaired) electrons. The van der Waals surface area contributed by atoms with Gasteiger partial charge in [-0.25, -0.2) is 9.52 Å². The van der Waals surface area contributed by atoms with Crippen molar-refractivity contribution in [3.8, 4) is 5.75 Å². The van der Waals surface area contributed by atoms with E-state index in [9.17, 15) is 13.2 Å². The van der Waals surface area contributed by atoms with Crippen molar-refractivity contribution in [3.05, 3.63) is 24.3 Å². The minimum Gasteiger partial charge on any atom is -0.484 e. The van der Waals surface area contributed by atoms with Crippen molar-refractivity contribution in [2.45, 2.75) is 6.92 Å². The van der Waals surface area contributed by atoms with Gasteiger partial charge in [0.25, 0.3) is 0 Å². The van der Waals surface area contributed by atoms with E-state index in [1.807, 2.05) is 0 Å². The fraction of sp³-hybridized carbons (Fsp3) is 0.273. The summed E-state index contributed by atoms with van der Waals surface area (Å²) in [6.07, 6.45) is -1.09. The third-order valence-corrected chi connectivity index (χ3v) is 2.93. The Labute approximate surface area is 122 Å². The normalized spacial score (nSPS) is 10.5. The molecule has 5 N–H and O–H groups in total. The van der Waals surface area contributed by atoms with E-state index < -0.39 is 16.3 Å². The summed E-state index contributed by atoms with van der Waals surface area (Å²) < 4.78 is 36.9. The third-order valence-electron chi connectivity index (χ3n) is 2.01. The van der Waals surface area contributed by atoms with Crippen LogP contribution in [0.5, 0.6) is 5.75 Å². The maximum Gasteiger partial charge on any atom is 0.422 e. The summed E-state index contributed by atoms with van der Waals surface area (Å²) in [6.45, 7) is 1.40. The van der Waals surface area contributed by atoms with Crippen molar-refractivity contribution in [1.82, 2.24) is 4.72 Å². The highest BCUT2D eigenvalue weighted by Crippen LogP contribution is 2.24. The van der Waals surface area contributed by atoms with Crippen LogP contribution in [-0.2, 0) is 14.9 Å². The zero-order valence-corrected chi connectivity index (χ0v) is 12.1. The Kier molecular flexibility index (Phi) is 5.79. The summed E-state index contributed by atoms with van der Waals surface area (Å²) in [5, 5.41) is 7.07. The molecule has 1 aromatic carbocycles. The molecule has 116 valence electrons. The molecule has 0 unspecified atom stereocenters. The third kappa shape index (κ3) is 5.99. The number of amides is 1. The fourth-order valence-corrected chi connectivity index (χ4v) is 2.06. The Hall–Kier alpha value is -2.49. The van der Waals surface area contributed by atoms with Crippen LogP contribution in [0.4, 0.5) is 10.5 Å². The molecule has 1 aromatic rings. The van der Waals surface area contributed by atoms with E-state index in [0.29, 0.717) is 0 Å². The maximum atomic E-state index is 11.7. The molecule has 0 fully saturated rings. The molecule has 0 aliphatic rings. The molecule has 10 heteroatoms. The van der Waals surface area contributed by atoms with Crippen molar-refractivity contribution >= 4 is 27.8 Å². The van der Waals surface area contributed by atoms with Crippen LogP contribution in [0.1, 0.15) is 6.92 Å². The van der Waals surface area contributed by atoms with Gasteiger partial charge < -0.3 is 15.2 Å². The quantitative estimate of drug-likeness (QED) is 0.423. The SMILES string of the molecule is CCOC(=O)NS(=O)(=O)Nc1ccccc1OCC(=N)N. The molecule has 0 atom stereocenters. The number of nitrogens with two attached hydrogens (primary N) is 1. The number of carbonyl (C=O) groups excluding carboxylic acids is 1. The summed E-state index contributed by atoms with van der Waals surface area (Å²) in [6, 6.07) is 6.11. The van der Waals surface area contributed by atoms with Gasteiger partial charge in [0.1, 0.15) is 18.2 Å². The Balaban J connectivity index is 2.81. The van der Waals surface area contributed by atoms with Crippen molar-refractivity contribution in [2.75, 3.05) is 17.9 Å². The van der Waals surface area contributed by atoms with Gasteiger partial charge in [0, 0.05) is 0 Å². The van der Waals surface area contributed by atoms with Crippen LogP contribution >= 0.6 is 0 Å². The molecule has 0 aliphatic heterocycles. The van der Waals surface area contributed by atoms with E-state index in [0.717, 1.165) is 0 Å². The number of nitrogens with one attached hydrogen (secondary N) is 3. The van der Waals surface area contributed by atoms with Gasteiger partial charge in [-0.3, -0.25) is 10.1 Å². The van der Waals surface area contributed by atoms with E-state index in [1.165, 1.54) is 12.1 Å². The molecule has 0 saturated heterocycles. The lowest BCUT2D eigenvalue weighted by Crippen LogP contribution is -2.35. The number of amidine groups is 1. The Morgan fingerprint density at radius 2 is 2.05 bits per heavy atom. The largest absolute Gasteiger partial charge is 0.484 e. The van der Waals surface area contributed by atoms with Crippen LogP contribution in [0.25, 0.3) is 0 Å². The van der Waals surface area contributed by atoms with Gasteiger partial charge in [-0.2, -0.15) is 8.42 Å². The number of hydrogen-bond donors (Lipinski definition) is 4. The number of anilines is 1. The molecular formula is C11H16N4O5S. The molecule has 0 heterocycles. The molecule has 1 rings (SSSR count). The lowest BCUT2D eigenvalue weighted by Gasteiger charge is -2.13. The Morgan fingerprint density at radius 1 is 1.38 bits per heavy atom. The molecule has 1 amide bonds. The lowest BCUT2D eigenvalue weighted by molar-refractivity contribution is 0.159. The second-order valence-electron chi connectivity index (χ2n) is 3.74. The molecule has 0 aromatic heterocycles. The first-order valence-electron chi connectivity index (χ1n) is 5.86. The van der Waals surface area contributed by atoms with E-state index in [-0.39, 0.29) is 30.5 Å². The zero-order chi connectivity index (χ0) is 15.9. The minimum absolute atomic E-state index is 0.0413. The zero-order valence-electron chi connectivity index (χ0n) is 11.3. The first-order valence-corrected chi connectivity index (χ1v) is 7.34. The van der Waals surface area contributed by atoms with Crippen LogP contribution < -0.4 is 19.9 Å². The maximum absolute atomic E-state index is 11.7. The Bertz CT molecular complexity index is 617. The summed E-state index contributed by atoms with van der Waals surface area (Å²) in [7, 11) is -4.16. The smallest absolute Gasteiger partial charge is 0.422 e. The average Bonchev–Trinajstić information content (AvgIpc) is 2.36. The standard InChI is InChI=1S/C11H16N4O5S/c1-2-19-11(16)15-21(17,18)14-8-5-3-4-6-9(8)20-7-10(12)13/h3-6,14H,2,7H2,1H3,(H3,12,13)(H,15,16). The molecular weight excluding hydrogens is 300 g/mol. The van der Waals surface area contributed by atoms with Crippen molar-refractivity contribution in [2.24, 2.45) is 5.73 Å². The van der Waals surface area contributed by atoms with Gasteiger partial charge in [-0.1, -0.05) is 12.1 Å². The predicted molar refractivity (Wildman–Crippen MR) is 76.6 cm³/mol. The monoisotopic (exact) mass is 316 g/mol. The summed E-state index contributed by atoms with van der Waals surface area (Å²) in [5.41, 5.74) is 5.26. The number of ether oxygens (including phenoxy) is 2. The van der Waals surface area contributed by atoms with Gasteiger partial charge in [-0.05, 0) is 19.1 Å². The van der Waals surface area contributed by atoms with Crippen LogP contribution in [0.15, 0.2) is 24.3 Å². The van der Waals surface area contributed by atoms with Gasteiger partial charge >= 0.3 is 16.3 Å². The number of para-hydroxylation sites is 2. The molecule has 0 aliphatic carbocycles. The molecule has 9 nitrogen and oxygen atoms in total. The predicted octanol–water partition coefficient (Wildman–Crippen LogP) is 0.404. The first kappa shape index (κ1) is 16.6.